The lowest BCUT2D eigenvalue weighted by atomic mass is 10.2. The Labute approximate surface area is 145 Å². The molecule has 0 radical (unpaired) electrons. The number of rotatable bonds is 6. The summed E-state index contributed by atoms with van der Waals surface area (Å²) in [5, 5.41) is 2.81. The second-order valence-electron chi connectivity index (χ2n) is 5.99. The Bertz CT molecular complexity index is 789. The molecule has 1 atom stereocenters. The summed E-state index contributed by atoms with van der Waals surface area (Å²) < 4.78 is 10.7. The van der Waals surface area contributed by atoms with Crippen molar-refractivity contribution in [1.29, 1.82) is 0 Å². The first kappa shape index (κ1) is 16.8. The van der Waals surface area contributed by atoms with Crippen LogP contribution in [0.15, 0.2) is 42.5 Å². The van der Waals surface area contributed by atoms with Gasteiger partial charge in [0, 0.05) is 16.8 Å². The molecule has 0 aromatic heterocycles. The molecule has 25 heavy (non-hydrogen) atoms. The average Bonchev–Trinajstić information content (AvgIpc) is 3.02. The van der Waals surface area contributed by atoms with Gasteiger partial charge < -0.3 is 25.4 Å². The molecule has 4 N–H and O–H groups in total. The molecule has 2 aromatic rings. The average molecular weight is 342 g/mol. The number of likely N-dealkylation sites (N-methyl/N-ethyl adjacent to an activating group) is 1. The Morgan fingerprint density at radius 1 is 1.12 bits per heavy atom. The monoisotopic (exact) mass is 342 g/mol. The van der Waals surface area contributed by atoms with Gasteiger partial charge in [0.25, 0.3) is 5.91 Å². The number of hydrogen-bond donors (Lipinski definition) is 3. The largest absolute Gasteiger partial charge is 0.454 e. The summed E-state index contributed by atoms with van der Waals surface area (Å²) in [6.45, 7) is 1.25. The van der Waals surface area contributed by atoms with Crippen molar-refractivity contribution in [2.24, 2.45) is 5.73 Å². The first-order valence-corrected chi connectivity index (χ1v) is 7.91. The Morgan fingerprint density at radius 3 is 2.56 bits per heavy atom. The molecule has 130 valence electrons. The molecule has 1 aliphatic heterocycles. The van der Waals surface area contributed by atoms with Crippen LogP contribution in [0.5, 0.6) is 11.5 Å². The number of hydrogen-bond acceptors (Lipinski definition) is 4. The number of anilines is 1. The van der Waals surface area contributed by atoms with Crippen LogP contribution in [0.3, 0.4) is 0 Å². The Balaban J connectivity index is 1.52. The quantitative estimate of drug-likeness (QED) is 0.697. The van der Waals surface area contributed by atoms with E-state index in [-0.39, 0.29) is 12.7 Å². The van der Waals surface area contributed by atoms with Crippen LogP contribution in [0.1, 0.15) is 15.9 Å². The molecule has 0 fully saturated rings. The maximum Gasteiger partial charge on any atom is 0.279 e. The number of nitrogens with two attached hydrogens (primary N) is 1. The van der Waals surface area contributed by atoms with Crippen molar-refractivity contribution in [3.63, 3.8) is 0 Å². The van der Waals surface area contributed by atoms with Crippen LogP contribution in [-0.2, 0) is 11.3 Å². The standard InChI is InChI=1S/C18H19N3O4/c1-21(9-12-2-7-15-16(8-12)25-11-24-15)10-17(22)20-14-5-3-13(4-6-14)18(19)23/h2-8H,9-11H2,1H3,(H2,19,23)(H,20,22)/p+1. The fourth-order valence-electron chi connectivity index (χ4n) is 2.66. The van der Waals surface area contributed by atoms with Crippen LogP contribution >= 0.6 is 0 Å². The molecule has 2 amide bonds. The number of quaternary nitrogens is 1. The summed E-state index contributed by atoms with van der Waals surface area (Å²) in [5.74, 6) is 0.888. The maximum absolute atomic E-state index is 12.2. The van der Waals surface area contributed by atoms with Gasteiger partial charge in [-0.15, -0.1) is 0 Å². The number of nitrogens with one attached hydrogen (secondary N) is 2. The van der Waals surface area contributed by atoms with Gasteiger partial charge in [0.2, 0.25) is 12.7 Å². The van der Waals surface area contributed by atoms with Crippen LogP contribution < -0.4 is 25.4 Å². The summed E-state index contributed by atoms with van der Waals surface area (Å²) in [6.07, 6.45) is 0. The third kappa shape index (κ3) is 4.27. The third-order valence-corrected chi connectivity index (χ3v) is 3.86. The summed E-state index contributed by atoms with van der Waals surface area (Å²) in [6, 6.07) is 12.3. The second-order valence-corrected chi connectivity index (χ2v) is 5.99. The van der Waals surface area contributed by atoms with Crippen LogP contribution in [0.2, 0.25) is 0 Å². The summed E-state index contributed by atoms with van der Waals surface area (Å²) in [7, 11) is 1.94. The van der Waals surface area contributed by atoms with Crippen LogP contribution in [0.4, 0.5) is 5.69 Å². The predicted octanol–water partition coefficient (Wildman–Crippen LogP) is 0.168. The van der Waals surface area contributed by atoms with Crippen molar-refractivity contribution in [2.75, 3.05) is 25.7 Å². The van der Waals surface area contributed by atoms with Crippen molar-refractivity contribution < 1.29 is 24.0 Å². The molecular weight excluding hydrogens is 322 g/mol. The number of primary amides is 1. The molecule has 1 aliphatic rings. The lowest BCUT2D eigenvalue weighted by molar-refractivity contribution is -0.885. The van der Waals surface area contributed by atoms with E-state index in [0.717, 1.165) is 22.0 Å². The zero-order valence-corrected chi connectivity index (χ0v) is 13.9. The number of carbonyl (C=O) groups excluding carboxylic acids is 2. The zero-order valence-electron chi connectivity index (χ0n) is 13.9. The Kier molecular flexibility index (Phi) is 4.85. The van der Waals surface area contributed by atoms with E-state index in [0.29, 0.717) is 24.3 Å². The maximum atomic E-state index is 12.2. The molecular formula is C18H20N3O4+. The molecule has 1 unspecified atom stereocenters. The fraction of sp³-hybridized carbons (Fsp3) is 0.222. The molecule has 2 aromatic carbocycles. The van der Waals surface area contributed by atoms with E-state index < -0.39 is 5.91 Å². The van der Waals surface area contributed by atoms with Gasteiger partial charge in [0.15, 0.2) is 18.0 Å². The molecule has 7 nitrogen and oxygen atoms in total. The Hall–Kier alpha value is -3.06. The third-order valence-electron chi connectivity index (χ3n) is 3.86. The smallest absolute Gasteiger partial charge is 0.279 e. The van der Waals surface area contributed by atoms with Gasteiger partial charge in [-0.3, -0.25) is 9.59 Å². The highest BCUT2D eigenvalue weighted by molar-refractivity contribution is 5.95. The van der Waals surface area contributed by atoms with Gasteiger partial charge in [-0.1, -0.05) is 0 Å². The Morgan fingerprint density at radius 2 is 1.84 bits per heavy atom. The van der Waals surface area contributed by atoms with Crippen molar-refractivity contribution >= 4 is 17.5 Å². The lowest BCUT2D eigenvalue weighted by Gasteiger charge is -2.14. The molecule has 0 saturated heterocycles. The predicted molar refractivity (Wildman–Crippen MR) is 91.6 cm³/mol. The van der Waals surface area contributed by atoms with Gasteiger partial charge in [-0.05, 0) is 42.5 Å². The molecule has 1 heterocycles. The summed E-state index contributed by atoms with van der Waals surface area (Å²) in [4.78, 5) is 24.2. The summed E-state index contributed by atoms with van der Waals surface area (Å²) in [5.41, 5.74) is 7.30. The van der Waals surface area contributed by atoms with Gasteiger partial charge >= 0.3 is 0 Å². The minimum atomic E-state index is -0.495. The zero-order chi connectivity index (χ0) is 17.8. The first-order valence-electron chi connectivity index (χ1n) is 7.91. The minimum absolute atomic E-state index is 0.106. The van der Waals surface area contributed by atoms with E-state index in [2.05, 4.69) is 5.32 Å². The highest BCUT2D eigenvalue weighted by Gasteiger charge is 2.16. The highest BCUT2D eigenvalue weighted by Crippen LogP contribution is 2.32. The first-order chi connectivity index (χ1) is 12.0. The van der Waals surface area contributed by atoms with Gasteiger partial charge in [-0.25, -0.2) is 0 Å². The molecule has 7 heteroatoms. The van der Waals surface area contributed by atoms with E-state index in [1.165, 1.54) is 0 Å². The highest BCUT2D eigenvalue weighted by atomic mass is 16.7. The number of amides is 2. The van der Waals surface area contributed by atoms with Gasteiger partial charge in [0.05, 0.1) is 7.05 Å². The van der Waals surface area contributed by atoms with Crippen molar-refractivity contribution in [2.45, 2.75) is 6.54 Å². The van der Waals surface area contributed by atoms with E-state index >= 15 is 0 Å². The lowest BCUT2D eigenvalue weighted by Crippen LogP contribution is -3.08. The SMILES string of the molecule is C[NH+](CC(=O)Nc1ccc(C(N)=O)cc1)Cc1ccc2c(c1)OCO2. The van der Waals surface area contributed by atoms with Gasteiger partial charge in [0.1, 0.15) is 6.54 Å². The molecule has 0 aliphatic carbocycles. The van der Waals surface area contributed by atoms with Crippen molar-refractivity contribution in [3.8, 4) is 11.5 Å². The number of benzene rings is 2. The topological polar surface area (TPSA) is 95.1 Å². The van der Waals surface area contributed by atoms with E-state index in [4.69, 9.17) is 15.2 Å². The van der Waals surface area contributed by atoms with E-state index in [1.807, 2.05) is 25.2 Å². The number of carbonyl (C=O) groups is 2. The van der Waals surface area contributed by atoms with Gasteiger partial charge in [-0.2, -0.15) is 0 Å². The van der Waals surface area contributed by atoms with E-state index in [1.54, 1.807) is 24.3 Å². The number of fused-ring (bicyclic) bond motifs is 1. The molecule has 3 rings (SSSR count). The normalized spacial score (nSPS) is 13.3. The second kappa shape index (κ2) is 7.23. The minimum Gasteiger partial charge on any atom is -0.454 e. The molecule has 0 saturated carbocycles. The fourth-order valence-corrected chi connectivity index (χ4v) is 2.66. The van der Waals surface area contributed by atoms with Crippen LogP contribution in [-0.4, -0.2) is 32.2 Å². The number of ether oxygens (including phenoxy) is 2. The van der Waals surface area contributed by atoms with E-state index in [9.17, 15) is 9.59 Å². The van der Waals surface area contributed by atoms with Crippen LogP contribution in [0, 0.1) is 0 Å². The van der Waals surface area contributed by atoms with Crippen LogP contribution in [0.25, 0.3) is 0 Å². The summed E-state index contributed by atoms with van der Waals surface area (Å²) >= 11 is 0. The van der Waals surface area contributed by atoms with Crippen molar-refractivity contribution in [3.05, 3.63) is 53.6 Å². The van der Waals surface area contributed by atoms with Crippen molar-refractivity contribution in [1.82, 2.24) is 0 Å². The molecule has 0 spiro atoms. The molecule has 0 bridgehead atoms.